The number of nitrogen functional groups attached to an aromatic ring is 1. The standard InChI is InChI=1S/C27H35N11O5S2/c1-2-3-8-43-26-33-22(28)21-23(34-26)38(27(39)32-21)17-18-16-37(36-35-18)7-10-41-12-14-42-13-11-40-9-6-30-24(44)20-15-19-25(45-20)31-5-4-29-19/h4-5,15-16H,2-3,6-14,17H2,1H3,(H,30,44)(H,32,39)(H2,28,33,34). The smallest absolute Gasteiger partial charge is 0.328 e. The zero-order valence-corrected chi connectivity index (χ0v) is 26.4. The van der Waals surface area contributed by atoms with E-state index < -0.39 is 0 Å². The number of nitrogens with zero attached hydrogens (tertiary/aromatic N) is 8. The van der Waals surface area contributed by atoms with Crippen molar-refractivity contribution < 1.29 is 18.9 Å². The molecular formula is C27H35N11O5S2. The average molecular weight is 658 g/mol. The minimum atomic E-state index is -0.375. The molecule has 5 aromatic heterocycles. The summed E-state index contributed by atoms with van der Waals surface area (Å²) < 4.78 is 25.5. The Morgan fingerprint density at radius 2 is 1.84 bits per heavy atom. The lowest BCUT2D eigenvalue weighted by molar-refractivity contribution is 0.0137. The Kier molecular flexibility index (Phi) is 11.7. The van der Waals surface area contributed by atoms with Gasteiger partial charge in [0.25, 0.3) is 0 Å². The number of nitrogens with two attached hydrogens (primary N) is 1. The van der Waals surface area contributed by atoms with E-state index in [0.29, 0.717) is 81.2 Å². The van der Waals surface area contributed by atoms with Crippen molar-refractivity contribution in [2.45, 2.75) is 32.9 Å². The molecule has 0 saturated heterocycles. The van der Waals surface area contributed by atoms with Crippen molar-refractivity contribution in [3.63, 3.8) is 0 Å². The van der Waals surface area contributed by atoms with Crippen molar-refractivity contribution in [1.29, 1.82) is 0 Å². The molecule has 0 saturated carbocycles. The van der Waals surface area contributed by atoms with Crippen molar-refractivity contribution in [1.82, 2.24) is 49.8 Å². The van der Waals surface area contributed by atoms with Crippen LogP contribution in [0.2, 0.25) is 0 Å². The van der Waals surface area contributed by atoms with Crippen molar-refractivity contribution in [2.75, 3.05) is 58.5 Å². The minimum absolute atomic E-state index is 0.131. The second-order valence-corrected chi connectivity index (χ2v) is 11.2. The summed E-state index contributed by atoms with van der Waals surface area (Å²) in [4.78, 5) is 34.8. The first-order valence-corrected chi connectivity index (χ1v) is 15.7. The van der Waals surface area contributed by atoms with Gasteiger partial charge in [-0.1, -0.05) is 30.8 Å². The minimum Gasteiger partial charge on any atom is -0.463 e. The van der Waals surface area contributed by atoms with Crippen LogP contribution in [0.5, 0.6) is 6.01 Å². The molecule has 16 nitrogen and oxygen atoms in total. The van der Waals surface area contributed by atoms with Crippen LogP contribution in [0, 0.1) is 0 Å². The highest BCUT2D eigenvalue weighted by atomic mass is 32.1. The number of fused-ring (bicyclic) bond motifs is 2. The molecule has 0 aliphatic heterocycles. The maximum atomic E-state index is 12.6. The summed E-state index contributed by atoms with van der Waals surface area (Å²) in [6.45, 7) is 6.51. The average Bonchev–Trinajstić information content (AvgIpc) is 3.76. The summed E-state index contributed by atoms with van der Waals surface area (Å²) in [5, 5.41) is 11.5. The summed E-state index contributed by atoms with van der Waals surface area (Å²) in [7, 11) is 0. The van der Waals surface area contributed by atoms with Crippen LogP contribution in [0.4, 0.5) is 5.82 Å². The van der Waals surface area contributed by atoms with Crippen molar-refractivity contribution in [2.24, 2.45) is 0 Å². The Labute approximate surface area is 267 Å². The molecule has 0 bridgehead atoms. The molecule has 0 spiro atoms. The van der Waals surface area contributed by atoms with E-state index in [9.17, 15) is 4.79 Å². The molecule has 240 valence electrons. The number of aromatic amines is 1. The number of anilines is 1. The third kappa shape index (κ3) is 8.98. The van der Waals surface area contributed by atoms with Crippen LogP contribution in [0.15, 0.2) is 29.5 Å². The van der Waals surface area contributed by atoms with Crippen LogP contribution in [0.3, 0.4) is 0 Å². The molecule has 0 aromatic carbocycles. The fourth-order valence-electron chi connectivity index (χ4n) is 4.14. The lowest BCUT2D eigenvalue weighted by Gasteiger charge is -2.08. The van der Waals surface area contributed by atoms with Crippen molar-refractivity contribution in [3.05, 3.63) is 45.7 Å². The number of imidazole rings is 1. The second kappa shape index (κ2) is 16.3. The van der Waals surface area contributed by atoms with Crippen LogP contribution < -0.4 is 21.5 Å². The van der Waals surface area contributed by atoms with Gasteiger partial charge in [0.2, 0.25) is 0 Å². The molecule has 0 radical (unpaired) electrons. The molecule has 4 N–H and O–H groups in total. The van der Waals surface area contributed by atoms with Gasteiger partial charge in [-0.15, -0.1) is 16.4 Å². The van der Waals surface area contributed by atoms with E-state index in [1.54, 1.807) is 23.3 Å². The van der Waals surface area contributed by atoms with E-state index in [-0.39, 0.29) is 24.1 Å². The Morgan fingerprint density at radius 3 is 2.64 bits per heavy atom. The molecule has 5 heterocycles. The second-order valence-electron chi connectivity index (χ2n) is 9.73. The van der Waals surface area contributed by atoms with Crippen molar-refractivity contribution in [3.8, 4) is 6.01 Å². The lowest BCUT2D eigenvalue weighted by Crippen LogP contribution is -2.26. The van der Waals surface area contributed by atoms with Gasteiger partial charge >= 0.3 is 11.7 Å². The van der Waals surface area contributed by atoms with Gasteiger partial charge in [-0.2, -0.15) is 9.97 Å². The predicted octanol–water partition coefficient (Wildman–Crippen LogP) is 1.54. The molecule has 45 heavy (non-hydrogen) atoms. The van der Waals surface area contributed by atoms with Gasteiger partial charge in [-0.25, -0.2) is 14.5 Å². The number of aromatic nitrogens is 9. The third-order valence-electron chi connectivity index (χ3n) is 6.40. The Balaban J connectivity index is 0.931. The first-order valence-electron chi connectivity index (χ1n) is 14.5. The fourth-order valence-corrected chi connectivity index (χ4v) is 5.30. The Hall–Kier alpha value is -4.10. The maximum absolute atomic E-state index is 12.6. The molecule has 0 amide bonds. The quantitative estimate of drug-likeness (QED) is 0.0854. The number of H-pyrrole nitrogens is 1. The normalized spacial score (nSPS) is 11.5. The number of thiocarbonyl (C=S) groups is 1. The topological polar surface area (TPSA) is 195 Å². The van der Waals surface area contributed by atoms with E-state index in [2.05, 4.69) is 47.5 Å². The predicted molar refractivity (Wildman–Crippen MR) is 172 cm³/mol. The van der Waals surface area contributed by atoms with Crippen LogP contribution in [0.1, 0.15) is 30.3 Å². The number of nitrogens with one attached hydrogen (secondary N) is 2. The van der Waals surface area contributed by atoms with Crippen LogP contribution in [-0.4, -0.2) is 102 Å². The van der Waals surface area contributed by atoms with Crippen LogP contribution in [-0.2, 0) is 27.3 Å². The Morgan fingerprint density at radius 1 is 1.07 bits per heavy atom. The fraction of sp³-hybridized carbons (Fsp3) is 0.481. The molecule has 5 rings (SSSR count). The first kappa shape index (κ1) is 32.3. The summed E-state index contributed by atoms with van der Waals surface area (Å²) in [6, 6.07) is 2.07. The number of unbranched alkanes of at least 4 members (excludes halogenated alkanes) is 1. The molecule has 0 fully saturated rings. The number of hydrogen-bond donors (Lipinski definition) is 3. The summed E-state index contributed by atoms with van der Waals surface area (Å²) in [6.07, 6.45) is 6.92. The van der Waals surface area contributed by atoms with Gasteiger partial charge in [0.15, 0.2) is 11.5 Å². The number of rotatable bonds is 19. The molecule has 18 heteroatoms. The highest BCUT2D eigenvalue weighted by Gasteiger charge is 2.16. The molecular weight excluding hydrogens is 623 g/mol. The SMILES string of the molecule is CCCCOc1nc(N)c2[nH]c(=O)n(Cc3cn(CCOCCOCCOCCNC(=S)c4cc5nccnc5s4)nn3)c2n1. The van der Waals surface area contributed by atoms with Crippen LogP contribution in [0.25, 0.3) is 21.5 Å². The molecule has 0 aliphatic carbocycles. The summed E-state index contributed by atoms with van der Waals surface area (Å²) >= 11 is 6.95. The highest BCUT2D eigenvalue weighted by molar-refractivity contribution is 7.81. The van der Waals surface area contributed by atoms with E-state index in [4.69, 9.17) is 36.9 Å². The molecule has 0 unspecified atom stereocenters. The maximum Gasteiger partial charge on any atom is 0.328 e. The van der Waals surface area contributed by atoms with Gasteiger partial charge < -0.3 is 35.0 Å². The summed E-state index contributed by atoms with van der Waals surface area (Å²) in [5.74, 6) is 0.146. The first-order chi connectivity index (χ1) is 22.0. The highest BCUT2D eigenvalue weighted by Crippen LogP contribution is 2.21. The lowest BCUT2D eigenvalue weighted by atomic mass is 10.4. The van der Waals surface area contributed by atoms with Gasteiger partial charge in [0, 0.05) is 18.9 Å². The van der Waals surface area contributed by atoms with Crippen LogP contribution >= 0.6 is 23.6 Å². The Bertz CT molecular complexity index is 1720. The monoisotopic (exact) mass is 657 g/mol. The number of ether oxygens (including phenoxy) is 4. The van der Waals surface area contributed by atoms with Gasteiger partial charge in [0.1, 0.15) is 26.5 Å². The van der Waals surface area contributed by atoms with E-state index >= 15 is 0 Å². The van der Waals surface area contributed by atoms with E-state index in [1.807, 2.05) is 6.07 Å². The van der Waals surface area contributed by atoms with E-state index in [0.717, 1.165) is 28.1 Å². The number of thiophene rings is 1. The molecule has 5 aromatic rings. The largest absolute Gasteiger partial charge is 0.463 e. The zero-order chi connectivity index (χ0) is 31.4. The molecule has 0 aliphatic rings. The van der Waals surface area contributed by atoms with Crippen molar-refractivity contribution >= 4 is 55.9 Å². The van der Waals surface area contributed by atoms with Gasteiger partial charge in [-0.3, -0.25) is 9.55 Å². The zero-order valence-electron chi connectivity index (χ0n) is 24.8. The molecule has 0 atom stereocenters. The van der Waals surface area contributed by atoms with Gasteiger partial charge in [-0.05, 0) is 12.5 Å². The summed E-state index contributed by atoms with van der Waals surface area (Å²) in [5.41, 5.74) is 7.78. The number of hydrogen-bond acceptors (Lipinski definition) is 14. The van der Waals surface area contributed by atoms with Gasteiger partial charge in [0.05, 0.1) is 70.4 Å². The van der Waals surface area contributed by atoms with E-state index in [1.165, 1.54) is 15.9 Å². The third-order valence-corrected chi connectivity index (χ3v) is 7.94.